The number of benzene rings is 1. The second-order valence-corrected chi connectivity index (χ2v) is 7.23. The van der Waals surface area contributed by atoms with E-state index in [-0.39, 0.29) is 6.61 Å². The number of rotatable bonds is 10. The van der Waals surface area contributed by atoms with Gasteiger partial charge >= 0.3 is 7.82 Å². The van der Waals surface area contributed by atoms with Gasteiger partial charge in [-0.15, -0.1) is 0 Å². The van der Waals surface area contributed by atoms with E-state index in [1.54, 1.807) is 0 Å². The van der Waals surface area contributed by atoms with E-state index in [1.807, 2.05) is 0 Å². The van der Waals surface area contributed by atoms with Crippen molar-refractivity contribution in [3.8, 4) is 0 Å². The van der Waals surface area contributed by atoms with Crippen molar-refractivity contribution >= 4 is 7.82 Å². The van der Waals surface area contributed by atoms with E-state index < -0.39 is 7.82 Å². The van der Waals surface area contributed by atoms with E-state index in [0.29, 0.717) is 5.92 Å². The van der Waals surface area contributed by atoms with Crippen LogP contribution in [-0.4, -0.2) is 6.61 Å². The Hall–Kier alpha value is -1.51. The molecule has 1 fully saturated rings. The Morgan fingerprint density at radius 1 is 1.17 bits per heavy atom. The van der Waals surface area contributed by atoms with Crippen molar-refractivity contribution in [2.75, 3.05) is 6.61 Å². The fourth-order valence-corrected chi connectivity index (χ4v) is 3.87. The standard InChI is InChI=1S/C18H25O4P/c1-3-20-23(19,21-4-2)22-14-8-10-16-9-7-13-18(15-16)17-11-5-6-12-17/h3-4,7,9,13,15,17H,1-2,5-6,8,10-12,14H2. The van der Waals surface area contributed by atoms with Crippen LogP contribution < -0.4 is 0 Å². The molecule has 0 spiro atoms. The number of hydrogen-bond acceptors (Lipinski definition) is 4. The molecule has 0 bridgehead atoms. The van der Waals surface area contributed by atoms with E-state index >= 15 is 0 Å². The molecular weight excluding hydrogens is 311 g/mol. The van der Waals surface area contributed by atoms with Crippen LogP contribution in [0.25, 0.3) is 0 Å². The Bertz CT molecular complexity index is 550. The molecular formula is C18H25O4P. The summed E-state index contributed by atoms with van der Waals surface area (Å²) in [6.45, 7) is 7.01. The second-order valence-electron chi connectivity index (χ2n) is 5.65. The highest BCUT2D eigenvalue weighted by Crippen LogP contribution is 2.49. The van der Waals surface area contributed by atoms with Crippen LogP contribution in [-0.2, 0) is 24.6 Å². The van der Waals surface area contributed by atoms with E-state index in [9.17, 15) is 4.57 Å². The normalized spacial score (nSPS) is 15.3. The first-order valence-corrected chi connectivity index (χ1v) is 9.55. The fraction of sp³-hybridized carbons (Fsp3) is 0.444. The maximum Gasteiger partial charge on any atom is 0.586 e. The third-order valence-electron chi connectivity index (χ3n) is 4.04. The van der Waals surface area contributed by atoms with Crippen LogP contribution in [0.4, 0.5) is 0 Å². The van der Waals surface area contributed by atoms with Gasteiger partial charge in [-0.05, 0) is 42.7 Å². The van der Waals surface area contributed by atoms with E-state index in [4.69, 9.17) is 13.6 Å². The number of hydrogen-bond donors (Lipinski definition) is 0. The van der Waals surface area contributed by atoms with Crippen molar-refractivity contribution < 1.29 is 18.1 Å². The largest absolute Gasteiger partial charge is 0.586 e. The molecule has 0 aromatic heterocycles. The summed E-state index contributed by atoms with van der Waals surface area (Å²) in [7, 11) is -3.60. The molecule has 126 valence electrons. The minimum Gasteiger partial charge on any atom is -0.404 e. The maximum atomic E-state index is 12.0. The van der Waals surface area contributed by atoms with E-state index in [0.717, 1.165) is 25.4 Å². The minimum atomic E-state index is -3.60. The van der Waals surface area contributed by atoms with Gasteiger partial charge in [-0.25, -0.2) is 4.57 Å². The summed E-state index contributed by atoms with van der Waals surface area (Å²) >= 11 is 0. The summed E-state index contributed by atoms with van der Waals surface area (Å²) < 4.78 is 26.9. The van der Waals surface area contributed by atoms with Crippen LogP contribution in [0.2, 0.25) is 0 Å². The molecule has 0 heterocycles. The molecule has 1 aromatic rings. The lowest BCUT2D eigenvalue weighted by Crippen LogP contribution is -1.99. The Labute approximate surface area is 138 Å². The monoisotopic (exact) mass is 336 g/mol. The molecule has 0 unspecified atom stereocenters. The summed E-state index contributed by atoms with van der Waals surface area (Å²) in [5, 5.41) is 0. The van der Waals surface area contributed by atoms with Crippen molar-refractivity contribution in [2.45, 2.75) is 44.4 Å². The van der Waals surface area contributed by atoms with Crippen molar-refractivity contribution in [1.82, 2.24) is 0 Å². The molecule has 1 saturated carbocycles. The number of phosphoric acid groups is 1. The fourth-order valence-electron chi connectivity index (χ4n) is 2.98. The average Bonchev–Trinajstić information content (AvgIpc) is 3.07. The van der Waals surface area contributed by atoms with Crippen LogP contribution >= 0.6 is 7.82 Å². The molecule has 5 heteroatoms. The third-order valence-corrected chi connectivity index (χ3v) is 5.36. The predicted molar refractivity (Wildman–Crippen MR) is 92.1 cm³/mol. The molecule has 0 atom stereocenters. The minimum absolute atomic E-state index is 0.284. The first-order valence-electron chi connectivity index (χ1n) is 8.09. The quantitative estimate of drug-likeness (QED) is 0.311. The van der Waals surface area contributed by atoms with Crippen molar-refractivity contribution in [2.24, 2.45) is 0 Å². The van der Waals surface area contributed by atoms with Gasteiger partial charge in [0.2, 0.25) is 0 Å². The van der Waals surface area contributed by atoms with Crippen LogP contribution in [0, 0.1) is 0 Å². The second kappa shape index (κ2) is 8.95. The molecule has 0 radical (unpaired) electrons. The van der Waals surface area contributed by atoms with Gasteiger partial charge in [0.25, 0.3) is 0 Å². The lowest BCUT2D eigenvalue weighted by atomic mass is 9.95. The van der Waals surface area contributed by atoms with Crippen molar-refractivity contribution in [3.63, 3.8) is 0 Å². The molecule has 1 aliphatic rings. The zero-order valence-corrected chi connectivity index (χ0v) is 14.4. The highest BCUT2D eigenvalue weighted by Gasteiger charge is 2.26. The summed E-state index contributed by atoms with van der Waals surface area (Å²) in [5.41, 5.74) is 2.72. The molecule has 0 N–H and O–H groups in total. The summed E-state index contributed by atoms with van der Waals surface area (Å²) in [6, 6.07) is 8.75. The number of aryl methyl sites for hydroxylation is 1. The topological polar surface area (TPSA) is 44.8 Å². The van der Waals surface area contributed by atoms with Crippen LogP contribution in [0.5, 0.6) is 0 Å². The van der Waals surface area contributed by atoms with Gasteiger partial charge in [-0.1, -0.05) is 50.3 Å². The van der Waals surface area contributed by atoms with Crippen LogP contribution in [0.15, 0.2) is 49.9 Å². The summed E-state index contributed by atoms with van der Waals surface area (Å²) in [4.78, 5) is 0. The van der Waals surface area contributed by atoms with Gasteiger partial charge in [0, 0.05) is 0 Å². The molecule has 0 saturated heterocycles. The zero-order chi connectivity index (χ0) is 16.5. The van der Waals surface area contributed by atoms with Crippen molar-refractivity contribution in [1.29, 1.82) is 0 Å². The molecule has 4 nitrogen and oxygen atoms in total. The molecule has 23 heavy (non-hydrogen) atoms. The smallest absolute Gasteiger partial charge is 0.404 e. The van der Waals surface area contributed by atoms with Gasteiger partial charge < -0.3 is 9.05 Å². The van der Waals surface area contributed by atoms with E-state index in [1.165, 1.54) is 36.8 Å². The molecule has 1 aromatic carbocycles. The van der Waals surface area contributed by atoms with Gasteiger partial charge in [-0.2, -0.15) is 0 Å². The molecule has 0 amide bonds. The summed E-state index contributed by atoms with van der Waals surface area (Å²) in [6.07, 6.45) is 8.98. The lowest BCUT2D eigenvalue weighted by molar-refractivity contribution is 0.178. The third kappa shape index (κ3) is 5.56. The van der Waals surface area contributed by atoms with Gasteiger partial charge in [-0.3, -0.25) is 4.52 Å². The van der Waals surface area contributed by atoms with Crippen LogP contribution in [0.3, 0.4) is 0 Å². The van der Waals surface area contributed by atoms with Gasteiger partial charge in [0.15, 0.2) is 0 Å². The van der Waals surface area contributed by atoms with Crippen molar-refractivity contribution in [3.05, 3.63) is 61.1 Å². The Morgan fingerprint density at radius 2 is 1.87 bits per heavy atom. The number of phosphoric ester groups is 1. The molecule has 0 aliphatic heterocycles. The highest BCUT2D eigenvalue weighted by atomic mass is 31.2. The average molecular weight is 336 g/mol. The zero-order valence-electron chi connectivity index (χ0n) is 13.5. The Kier molecular flexibility index (Phi) is 6.94. The first kappa shape index (κ1) is 17.8. The lowest BCUT2D eigenvalue weighted by Gasteiger charge is -2.14. The van der Waals surface area contributed by atoms with E-state index in [2.05, 4.69) is 37.4 Å². The molecule has 2 rings (SSSR count). The highest BCUT2D eigenvalue weighted by molar-refractivity contribution is 7.48. The first-order chi connectivity index (χ1) is 11.2. The Balaban J connectivity index is 1.81. The van der Waals surface area contributed by atoms with Gasteiger partial charge in [0.1, 0.15) is 0 Å². The predicted octanol–water partition coefficient (Wildman–Crippen LogP) is 5.72. The van der Waals surface area contributed by atoms with Gasteiger partial charge in [0.05, 0.1) is 19.1 Å². The summed E-state index contributed by atoms with van der Waals surface area (Å²) in [5.74, 6) is 0.716. The molecule has 1 aliphatic carbocycles. The maximum absolute atomic E-state index is 12.0. The SMILES string of the molecule is C=COP(=O)(OC=C)OCCCc1cccc(C2CCCC2)c1. The van der Waals surface area contributed by atoms with Crippen LogP contribution in [0.1, 0.15) is 49.1 Å². The Morgan fingerprint density at radius 3 is 2.52 bits per heavy atom.